The predicted octanol–water partition coefficient (Wildman–Crippen LogP) is 5.93. The number of anilines is 1. The maximum atomic E-state index is 13.0. The van der Waals surface area contributed by atoms with Gasteiger partial charge in [-0.3, -0.25) is 0 Å². The smallest absolute Gasteiger partial charge is 0.373 e. The zero-order chi connectivity index (χ0) is 21.9. The van der Waals surface area contributed by atoms with Crippen LogP contribution in [0.5, 0.6) is 0 Å². The van der Waals surface area contributed by atoms with Gasteiger partial charge >= 0.3 is 12.4 Å². The summed E-state index contributed by atoms with van der Waals surface area (Å²) in [6.45, 7) is 1.87. The Morgan fingerprint density at radius 1 is 0.900 bits per heavy atom. The number of likely N-dealkylation sites (tertiary alicyclic amines) is 1. The van der Waals surface area contributed by atoms with Crippen molar-refractivity contribution in [1.82, 2.24) is 10.2 Å². The SMILES string of the molecule is FC(F)(F)c1cc(NC(=S)N[C@@H]2CCCC=C2N2CCCCC2)cc(C(F)(F)F)c1. The minimum absolute atomic E-state index is 0.00254. The van der Waals surface area contributed by atoms with E-state index < -0.39 is 23.5 Å². The Balaban J connectivity index is 1.75. The minimum atomic E-state index is -4.90. The van der Waals surface area contributed by atoms with Crippen molar-refractivity contribution in [2.24, 2.45) is 0 Å². The van der Waals surface area contributed by atoms with Crippen LogP contribution in [0.25, 0.3) is 0 Å². The normalized spacial score (nSPS) is 20.5. The molecule has 3 rings (SSSR count). The standard InChI is InChI=1S/C20H23F6N3S/c21-19(22,23)13-10-14(20(24,25)26)12-15(11-13)27-18(30)28-16-6-2-3-7-17(16)29-8-4-1-5-9-29/h7,10-12,16H,1-6,8-9H2,(H2,27,28,30)/t16-/m1/s1. The number of thiocarbonyl (C=S) groups is 1. The maximum Gasteiger partial charge on any atom is 0.416 e. The molecule has 1 heterocycles. The summed E-state index contributed by atoms with van der Waals surface area (Å²) in [5.74, 6) is 0. The van der Waals surface area contributed by atoms with E-state index in [1.165, 1.54) is 6.42 Å². The third kappa shape index (κ3) is 5.80. The van der Waals surface area contributed by atoms with Gasteiger partial charge in [0.1, 0.15) is 0 Å². The molecule has 0 bridgehead atoms. The summed E-state index contributed by atoms with van der Waals surface area (Å²) >= 11 is 5.21. The first-order chi connectivity index (χ1) is 14.0. The van der Waals surface area contributed by atoms with Crippen LogP contribution in [-0.2, 0) is 12.4 Å². The molecule has 0 saturated carbocycles. The summed E-state index contributed by atoms with van der Waals surface area (Å²) in [5.41, 5.74) is -2.01. The number of piperidine rings is 1. The number of rotatable bonds is 3. The molecule has 0 amide bonds. The van der Waals surface area contributed by atoms with Crippen molar-refractivity contribution >= 4 is 23.0 Å². The Morgan fingerprint density at radius 2 is 1.50 bits per heavy atom. The highest BCUT2D eigenvalue weighted by Gasteiger charge is 2.37. The van der Waals surface area contributed by atoms with Gasteiger partial charge in [-0.05, 0) is 68.9 Å². The second kappa shape index (κ2) is 9.03. The molecule has 10 heteroatoms. The Morgan fingerprint density at radius 3 is 2.07 bits per heavy atom. The molecule has 1 aromatic carbocycles. The number of benzene rings is 1. The number of alkyl halides is 6. The van der Waals surface area contributed by atoms with Gasteiger partial charge in [-0.25, -0.2) is 0 Å². The van der Waals surface area contributed by atoms with E-state index in [0.717, 1.165) is 50.9 Å². The Kier molecular flexibility index (Phi) is 6.84. The second-order valence-corrected chi connectivity index (χ2v) is 7.96. The van der Waals surface area contributed by atoms with E-state index in [9.17, 15) is 26.3 Å². The van der Waals surface area contributed by atoms with Gasteiger partial charge < -0.3 is 15.5 Å². The molecule has 0 aromatic heterocycles. The van der Waals surface area contributed by atoms with Crippen molar-refractivity contribution in [2.75, 3.05) is 18.4 Å². The molecular weight excluding hydrogens is 428 g/mol. The highest BCUT2D eigenvalue weighted by Crippen LogP contribution is 2.37. The molecule has 166 valence electrons. The van der Waals surface area contributed by atoms with Gasteiger partial charge in [-0.1, -0.05) is 6.08 Å². The molecule has 30 heavy (non-hydrogen) atoms. The number of nitrogens with one attached hydrogen (secondary N) is 2. The lowest BCUT2D eigenvalue weighted by atomic mass is 9.96. The van der Waals surface area contributed by atoms with Crippen molar-refractivity contribution in [2.45, 2.75) is 56.9 Å². The van der Waals surface area contributed by atoms with Crippen molar-refractivity contribution in [3.8, 4) is 0 Å². The van der Waals surface area contributed by atoms with Crippen LogP contribution in [0.1, 0.15) is 49.7 Å². The average Bonchev–Trinajstić information content (AvgIpc) is 2.67. The van der Waals surface area contributed by atoms with Crippen LogP contribution in [0.15, 0.2) is 30.0 Å². The van der Waals surface area contributed by atoms with Crippen molar-refractivity contribution in [1.29, 1.82) is 0 Å². The molecule has 0 radical (unpaired) electrons. The van der Waals surface area contributed by atoms with Crippen molar-refractivity contribution < 1.29 is 26.3 Å². The zero-order valence-electron chi connectivity index (χ0n) is 16.2. The largest absolute Gasteiger partial charge is 0.416 e. The summed E-state index contributed by atoms with van der Waals surface area (Å²) in [6, 6.07) is 1.24. The van der Waals surface area contributed by atoms with Crippen LogP contribution < -0.4 is 10.6 Å². The van der Waals surface area contributed by atoms with E-state index >= 15 is 0 Å². The van der Waals surface area contributed by atoms with Gasteiger partial charge in [-0.15, -0.1) is 0 Å². The first-order valence-electron chi connectivity index (χ1n) is 9.86. The summed E-state index contributed by atoms with van der Waals surface area (Å²) in [6.07, 6.45) is -1.64. The van der Waals surface area contributed by atoms with Crippen LogP contribution in [0.4, 0.5) is 32.0 Å². The lowest BCUT2D eigenvalue weighted by Crippen LogP contribution is -2.45. The molecule has 1 aromatic rings. The molecule has 1 fully saturated rings. The predicted molar refractivity (Wildman–Crippen MR) is 107 cm³/mol. The van der Waals surface area contributed by atoms with Crippen LogP contribution in [0.2, 0.25) is 0 Å². The molecule has 0 unspecified atom stereocenters. The lowest BCUT2D eigenvalue weighted by molar-refractivity contribution is -0.143. The fourth-order valence-electron chi connectivity index (χ4n) is 3.86. The topological polar surface area (TPSA) is 27.3 Å². The first-order valence-corrected chi connectivity index (χ1v) is 10.3. The fourth-order valence-corrected chi connectivity index (χ4v) is 4.12. The monoisotopic (exact) mass is 451 g/mol. The molecular formula is C20H23F6N3S. The minimum Gasteiger partial charge on any atom is -0.373 e. The molecule has 1 aliphatic heterocycles. The highest BCUT2D eigenvalue weighted by molar-refractivity contribution is 7.80. The van der Waals surface area contributed by atoms with Crippen LogP contribution in [0, 0.1) is 0 Å². The van der Waals surface area contributed by atoms with Gasteiger partial charge in [0.2, 0.25) is 0 Å². The van der Waals surface area contributed by atoms with E-state index in [1.807, 2.05) is 0 Å². The van der Waals surface area contributed by atoms with E-state index in [4.69, 9.17) is 12.2 Å². The lowest BCUT2D eigenvalue weighted by Gasteiger charge is -2.38. The molecule has 2 aliphatic rings. The number of halogens is 6. The van der Waals surface area contributed by atoms with Gasteiger partial charge in [0, 0.05) is 24.5 Å². The third-order valence-corrected chi connectivity index (χ3v) is 5.50. The molecule has 0 spiro atoms. The summed E-state index contributed by atoms with van der Waals surface area (Å²) < 4.78 is 78.3. The highest BCUT2D eigenvalue weighted by atomic mass is 32.1. The van der Waals surface area contributed by atoms with Crippen LogP contribution in [0.3, 0.4) is 0 Å². The van der Waals surface area contributed by atoms with Crippen molar-refractivity contribution in [3.05, 3.63) is 41.1 Å². The Hall–Kier alpha value is -1.97. The number of hydrogen-bond donors (Lipinski definition) is 2. The Labute approximate surface area is 176 Å². The molecule has 1 saturated heterocycles. The van der Waals surface area contributed by atoms with Gasteiger partial charge in [0.15, 0.2) is 5.11 Å². The number of allylic oxidation sites excluding steroid dienone is 1. The van der Waals surface area contributed by atoms with E-state index in [1.54, 1.807) is 0 Å². The van der Waals surface area contributed by atoms with Gasteiger partial charge in [-0.2, -0.15) is 26.3 Å². The zero-order valence-corrected chi connectivity index (χ0v) is 17.0. The van der Waals surface area contributed by atoms with E-state index in [0.29, 0.717) is 12.1 Å². The number of hydrogen-bond acceptors (Lipinski definition) is 2. The van der Waals surface area contributed by atoms with Crippen molar-refractivity contribution in [3.63, 3.8) is 0 Å². The van der Waals surface area contributed by atoms with Gasteiger partial charge in [0.05, 0.1) is 17.2 Å². The average molecular weight is 451 g/mol. The molecule has 1 aliphatic carbocycles. The Bertz CT molecular complexity index is 764. The molecule has 1 atom stereocenters. The maximum absolute atomic E-state index is 13.0. The fraction of sp³-hybridized carbons (Fsp3) is 0.550. The van der Waals surface area contributed by atoms with E-state index in [2.05, 4.69) is 21.6 Å². The second-order valence-electron chi connectivity index (χ2n) is 7.55. The summed E-state index contributed by atoms with van der Waals surface area (Å²) in [7, 11) is 0. The first kappa shape index (κ1) is 22.7. The van der Waals surface area contributed by atoms with Crippen LogP contribution >= 0.6 is 12.2 Å². The summed E-state index contributed by atoms with van der Waals surface area (Å²) in [4.78, 5) is 2.29. The quantitative estimate of drug-likeness (QED) is 0.440. The molecule has 3 nitrogen and oxygen atoms in total. The number of nitrogens with zero attached hydrogens (tertiary/aromatic N) is 1. The summed E-state index contributed by atoms with van der Waals surface area (Å²) in [5, 5.41) is 5.59. The third-order valence-electron chi connectivity index (χ3n) is 5.28. The van der Waals surface area contributed by atoms with Gasteiger partial charge in [0.25, 0.3) is 0 Å². The van der Waals surface area contributed by atoms with E-state index in [-0.39, 0.29) is 22.9 Å². The molecule has 2 N–H and O–H groups in total. The van der Waals surface area contributed by atoms with Crippen LogP contribution in [-0.4, -0.2) is 29.1 Å².